The van der Waals surface area contributed by atoms with E-state index in [-0.39, 0.29) is 30.7 Å². The van der Waals surface area contributed by atoms with E-state index in [1.165, 1.54) is 6.20 Å². The average molecular weight is 347 g/mol. The second-order valence-electron chi connectivity index (χ2n) is 5.54. The zero-order valence-corrected chi connectivity index (χ0v) is 14.0. The van der Waals surface area contributed by atoms with Gasteiger partial charge in [0.05, 0.1) is 23.8 Å². The van der Waals surface area contributed by atoms with Crippen molar-refractivity contribution in [3.8, 4) is 0 Å². The number of aromatic nitrogens is 1. The largest absolute Gasteiger partial charge is 0.455 e. The topological polar surface area (TPSA) is 107 Å². The molecule has 0 radical (unpaired) electrons. The molecule has 2 heterocycles. The molecule has 0 spiro atoms. The molecule has 4 unspecified atom stereocenters. The van der Waals surface area contributed by atoms with Gasteiger partial charge >= 0.3 is 5.97 Å². The lowest BCUT2D eigenvalue weighted by Crippen LogP contribution is -2.48. The van der Waals surface area contributed by atoms with Crippen LogP contribution in [0, 0.1) is 0 Å². The van der Waals surface area contributed by atoms with Crippen LogP contribution < -0.4 is 10.6 Å². The number of pyridine rings is 1. The molecule has 8 nitrogen and oxygen atoms in total. The van der Waals surface area contributed by atoms with Crippen molar-refractivity contribution >= 4 is 18.2 Å². The third-order valence-corrected chi connectivity index (χ3v) is 3.89. The Hall–Kier alpha value is -2.58. The van der Waals surface area contributed by atoms with Crippen LogP contribution in [0.4, 0.5) is 0 Å². The highest BCUT2D eigenvalue weighted by atomic mass is 16.6. The van der Waals surface area contributed by atoms with E-state index in [0.29, 0.717) is 11.8 Å². The SMILES string of the molecule is CNC1C(CNC(=O)c2cccnc2)OC(C)C1OC(=O)/C=C\C=O. The predicted octanol–water partition coefficient (Wildman–Crippen LogP) is -0.146. The first-order valence-corrected chi connectivity index (χ1v) is 7.90. The highest BCUT2D eigenvalue weighted by Crippen LogP contribution is 2.23. The van der Waals surface area contributed by atoms with Gasteiger partial charge in [0, 0.05) is 25.0 Å². The lowest BCUT2D eigenvalue weighted by Gasteiger charge is -2.22. The Kier molecular flexibility index (Phi) is 6.79. The van der Waals surface area contributed by atoms with E-state index in [9.17, 15) is 14.4 Å². The van der Waals surface area contributed by atoms with Crippen LogP contribution in [0.25, 0.3) is 0 Å². The molecular weight excluding hydrogens is 326 g/mol. The second-order valence-corrected chi connectivity index (χ2v) is 5.54. The van der Waals surface area contributed by atoms with Crippen molar-refractivity contribution in [2.75, 3.05) is 13.6 Å². The number of amides is 1. The van der Waals surface area contributed by atoms with Gasteiger partial charge in [-0.3, -0.25) is 14.6 Å². The second kappa shape index (κ2) is 9.05. The summed E-state index contributed by atoms with van der Waals surface area (Å²) in [4.78, 5) is 38.0. The van der Waals surface area contributed by atoms with E-state index in [1.807, 2.05) is 0 Å². The molecule has 1 fully saturated rings. The number of hydrogen-bond donors (Lipinski definition) is 2. The number of ether oxygens (including phenoxy) is 2. The minimum atomic E-state index is -0.618. The van der Waals surface area contributed by atoms with E-state index < -0.39 is 12.1 Å². The lowest BCUT2D eigenvalue weighted by molar-refractivity contribution is -0.146. The van der Waals surface area contributed by atoms with E-state index in [4.69, 9.17) is 9.47 Å². The maximum atomic E-state index is 12.1. The molecule has 2 N–H and O–H groups in total. The van der Waals surface area contributed by atoms with Crippen molar-refractivity contribution in [1.82, 2.24) is 15.6 Å². The molecule has 4 atom stereocenters. The number of carbonyl (C=O) groups is 3. The van der Waals surface area contributed by atoms with Gasteiger partial charge < -0.3 is 20.1 Å². The summed E-state index contributed by atoms with van der Waals surface area (Å²) >= 11 is 0. The molecule has 0 saturated carbocycles. The standard InChI is InChI=1S/C17H21N3O5/c1-11-16(25-14(22)6-4-8-21)15(18-2)13(24-11)10-20-17(23)12-5-3-7-19-9-12/h3-9,11,13,15-16,18H,10H2,1-2H3,(H,20,23)/b6-4-. The zero-order valence-electron chi connectivity index (χ0n) is 14.0. The van der Waals surface area contributed by atoms with Crippen molar-refractivity contribution < 1.29 is 23.9 Å². The fourth-order valence-electron chi connectivity index (χ4n) is 2.72. The summed E-state index contributed by atoms with van der Waals surface area (Å²) in [5, 5.41) is 5.85. The first-order chi connectivity index (χ1) is 12.1. The number of likely N-dealkylation sites (N-methyl/N-ethyl adjacent to an activating group) is 1. The molecule has 1 aromatic heterocycles. The summed E-state index contributed by atoms with van der Waals surface area (Å²) < 4.78 is 11.2. The van der Waals surface area contributed by atoms with Gasteiger partial charge in [0.2, 0.25) is 0 Å². The number of nitrogens with one attached hydrogen (secondary N) is 2. The van der Waals surface area contributed by atoms with Crippen LogP contribution in [0.1, 0.15) is 17.3 Å². The summed E-state index contributed by atoms with van der Waals surface area (Å²) in [6.07, 6.45) is 4.45. The highest BCUT2D eigenvalue weighted by molar-refractivity contribution is 5.93. The molecule has 1 aliphatic heterocycles. The van der Waals surface area contributed by atoms with Gasteiger partial charge in [-0.1, -0.05) is 0 Å². The quantitative estimate of drug-likeness (QED) is 0.401. The average Bonchev–Trinajstić information content (AvgIpc) is 2.93. The first-order valence-electron chi connectivity index (χ1n) is 7.90. The molecule has 0 aliphatic carbocycles. The Morgan fingerprint density at radius 3 is 2.88 bits per heavy atom. The Bertz CT molecular complexity index is 634. The maximum absolute atomic E-state index is 12.1. The van der Waals surface area contributed by atoms with E-state index in [1.54, 1.807) is 32.3 Å². The smallest absolute Gasteiger partial charge is 0.331 e. The van der Waals surface area contributed by atoms with Crippen molar-refractivity contribution in [3.63, 3.8) is 0 Å². The van der Waals surface area contributed by atoms with Crippen molar-refractivity contribution in [3.05, 3.63) is 42.2 Å². The van der Waals surface area contributed by atoms with Crippen molar-refractivity contribution in [1.29, 1.82) is 0 Å². The van der Waals surface area contributed by atoms with Crippen molar-refractivity contribution in [2.24, 2.45) is 0 Å². The minimum absolute atomic E-state index is 0.252. The van der Waals surface area contributed by atoms with Crippen LogP contribution in [0.5, 0.6) is 0 Å². The molecule has 0 aromatic carbocycles. The summed E-state index contributed by atoms with van der Waals surface area (Å²) in [7, 11) is 1.73. The Morgan fingerprint density at radius 1 is 1.44 bits per heavy atom. The predicted molar refractivity (Wildman–Crippen MR) is 88.8 cm³/mol. The summed E-state index contributed by atoms with van der Waals surface area (Å²) in [6.45, 7) is 2.04. The number of aldehydes is 1. The molecule has 8 heteroatoms. The van der Waals surface area contributed by atoms with Crippen LogP contribution in [0.2, 0.25) is 0 Å². The van der Waals surface area contributed by atoms with E-state index >= 15 is 0 Å². The molecule has 2 rings (SSSR count). The number of allylic oxidation sites excluding steroid dienone is 1. The van der Waals surface area contributed by atoms with Gasteiger partial charge in [0.1, 0.15) is 12.4 Å². The monoisotopic (exact) mass is 347 g/mol. The van der Waals surface area contributed by atoms with E-state index in [2.05, 4.69) is 15.6 Å². The van der Waals surface area contributed by atoms with Gasteiger partial charge in [0.15, 0.2) is 0 Å². The van der Waals surface area contributed by atoms with Crippen LogP contribution >= 0.6 is 0 Å². The number of hydrogen-bond acceptors (Lipinski definition) is 7. The number of rotatable bonds is 7. The van der Waals surface area contributed by atoms with Crippen LogP contribution in [-0.2, 0) is 19.1 Å². The molecule has 0 bridgehead atoms. The van der Waals surface area contributed by atoms with Gasteiger partial charge in [-0.25, -0.2) is 4.79 Å². The first kappa shape index (κ1) is 18.8. The summed E-state index contributed by atoms with van der Waals surface area (Å²) in [6, 6.07) is 3.06. The normalized spacial score (nSPS) is 25.7. The summed E-state index contributed by atoms with van der Waals surface area (Å²) in [5.41, 5.74) is 0.455. The number of nitrogens with zero attached hydrogens (tertiary/aromatic N) is 1. The van der Waals surface area contributed by atoms with Gasteiger partial charge in [-0.2, -0.15) is 0 Å². The summed E-state index contributed by atoms with van der Waals surface area (Å²) in [5.74, 6) is -0.874. The van der Waals surface area contributed by atoms with Crippen LogP contribution in [0.15, 0.2) is 36.7 Å². The van der Waals surface area contributed by atoms with Crippen LogP contribution in [-0.4, -0.2) is 61.1 Å². The van der Waals surface area contributed by atoms with Gasteiger partial charge in [-0.05, 0) is 32.2 Å². The molecule has 25 heavy (non-hydrogen) atoms. The number of carbonyl (C=O) groups excluding carboxylic acids is 3. The molecular formula is C17H21N3O5. The molecule has 1 amide bonds. The van der Waals surface area contributed by atoms with E-state index in [0.717, 1.165) is 12.2 Å². The lowest BCUT2D eigenvalue weighted by atomic mass is 10.1. The van der Waals surface area contributed by atoms with Crippen LogP contribution in [0.3, 0.4) is 0 Å². The third-order valence-electron chi connectivity index (χ3n) is 3.89. The molecule has 1 aromatic rings. The molecule has 1 aliphatic rings. The van der Waals surface area contributed by atoms with Crippen molar-refractivity contribution in [2.45, 2.75) is 31.3 Å². The highest BCUT2D eigenvalue weighted by Gasteiger charge is 2.43. The van der Waals surface area contributed by atoms with Gasteiger partial charge in [0.25, 0.3) is 5.91 Å². The third kappa shape index (κ3) is 4.94. The Labute approximate surface area is 145 Å². The zero-order chi connectivity index (χ0) is 18.2. The fraction of sp³-hybridized carbons (Fsp3) is 0.412. The maximum Gasteiger partial charge on any atom is 0.331 e. The fourth-order valence-corrected chi connectivity index (χ4v) is 2.72. The number of esters is 1. The Balaban J connectivity index is 1.95. The minimum Gasteiger partial charge on any atom is -0.455 e. The Morgan fingerprint density at radius 2 is 2.24 bits per heavy atom. The molecule has 1 saturated heterocycles. The van der Waals surface area contributed by atoms with Gasteiger partial charge in [-0.15, -0.1) is 0 Å². The molecule has 134 valence electrons.